The number of nitrogens with one attached hydrogen (secondary N) is 1. The molecule has 0 bridgehead atoms. The zero-order valence-corrected chi connectivity index (χ0v) is 10.4. The molecule has 3 N–H and O–H groups in total. The molecule has 94 valence electrons. The summed E-state index contributed by atoms with van der Waals surface area (Å²) in [4.78, 5) is 4.65. The maximum Gasteiger partial charge on any atom is 0.153 e. The van der Waals surface area contributed by atoms with Crippen LogP contribution in [-0.2, 0) is 6.42 Å². The Labute approximate surface area is 102 Å². The number of nitrogens with zero attached hydrogens (tertiary/aromatic N) is 2. The Kier molecular flexibility index (Phi) is 2.90. The fourth-order valence-corrected chi connectivity index (χ4v) is 3.35. The predicted octanol–water partition coefficient (Wildman–Crippen LogP) is 2.28. The van der Waals surface area contributed by atoms with Crippen molar-refractivity contribution in [1.82, 2.24) is 15.2 Å². The Balaban J connectivity index is 1.67. The zero-order valence-electron chi connectivity index (χ0n) is 10.4. The highest BCUT2D eigenvalue weighted by Crippen LogP contribution is 2.33. The van der Waals surface area contributed by atoms with Gasteiger partial charge in [0.2, 0.25) is 0 Å². The van der Waals surface area contributed by atoms with Crippen molar-refractivity contribution in [1.29, 1.82) is 0 Å². The first-order chi connectivity index (χ1) is 8.25. The van der Waals surface area contributed by atoms with E-state index in [1.54, 1.807) is 0 Å². The molecule has 1 heterocycles. The average Bonchev–Trinajstić information content (AvgIpc) is 2.98. The predicted molar refractivity (Wildman–Crippen MR) is 66.7 cm³/mol. The van der Waals surface area contributed by atoms with Gasteiger partial charge in [0.15, 0.2) is 5.82 Å². The smallest absolute Gasteiger partial charge is 0.153 e. The minimum Gasteiger partial charge on any atom is -0.325 e. The van der Waals surface area contributed by atoms with Gasteiger partial charge in [-0.15, -0.1) is 0 Å². The molecule has 0 aromatic carbocycles. The molecule has 0 atom stereocenters. The van der Waals surface area contributed by atoms with Crippen LogP contribution in [0.25, 0.3) is 0 Å². The highest BCUT2D eigenvalue weighted by atomic mass is 15.2. The number of hydrogen-bond donors (Lipinski definition) is 2. The van der Waals surface area contributed by atoms with Gasteiger partial charge in [-0.1, -0.05) is 25.7 Å². The second kappa shape index (κ2) is 4.41. The second-order valence-corrected chi connectivity index (χ2v) is 5.87. The fourth-order valence-electron chi connectivity index (χ4n) is 3.35. The summed E-state index contributed by atoms with van der Waals surface area (Å²) in [6, 6.07) is 0. The maximum atomic E-state index is 6.37. The van der Waals surface area contributed by atoms with Crippen molar-refractivity contribution in [2.75, 3.05) is 0 Å². The summed E-state index contributed by atoms with van der Waals surface area (Å²) < 4.78 is 0. The summed E-state index contributed by atoms with van der Waals surface area (Å²) in [5.41, 5.74) is 6.34. The number of hydrogen-bond acceptors (Lipinski definition) is 3. The molecular weight excluding hydrogens is 212 g/mol. The van der Waals surface area contributed by atoms with Crippen molar-refractivity contribution in [3.63, 3.8) is 0 Å². The van der Waals surface area contributed by atoms with Gasteiger partial charge in [-0.05, 0) is 25.7 Å². The number of rotatable bonds is 3. The molecule has 1 aromatic heterocycles. The van der Waals surface area contributed by atoms with E-state index in [0.717, 1.165) is 30.9 Å². The van der Waals surface area contributed by atoms with Gasteiger partial charge in [-0.25, -0.2) is 4.98 Å². The van der Waals surface area contributed by atoms with Crippen molar-refractivity contribution >= 4 is 0 Å². The van der Waals surface area contributed by atoms with E-state index in [1.807, 2.05) is 0 Å². The summed E-state index contributed by atoms with van der Waals surface area (Å²) in [5.74, 6) is 2.62. The number of aromatic amines is 1. The van der Waals surface area contributed by atoms with Gasteiger partial charge in [0.1, 0.15) is 5.82 Å². The highest BCUT2D eigenvalue weighted by Gasteiger charge is 2.31. The van der Waals surface area contributed by atoms with Gasteiger partial charge in [-0.2, -0.15) is 5.10 Å². The maximum absolute atomic E-state index is 6.37. The summed E-state index contributed by atoms with van der Waals surface area (Å²) >= 11 is 0. The minimum absolute atomic E-state index is 0.0213. The van der Waals surface area contributed by atoms with E-state index in [1.165, 1.54) is 38.5 Å². The summed E-state index contributed by atoms with van der Waals surface area (Å²) in [7, 11) is 0. The third kappa shape index (κ3) is 2.37. The molecule has 0 radical (unpaired) electrons. The number of nitrogens with two attached hydrogens (primary N) is 1. The third-order valence-electron chi connectivity index (χ3n) is 4.39. The van der Waals surface area contributed by atoms with Gasteiger partial charge in [-0.3, -0.25) is 5.10 Å². The van der Waals surface area contributed by atoms with Crippen LogP contribution in [0.5, 0.6) is 0 Å². The average molecular weight is 234 g/mol. The lowest BCUT2D eigenvalue weighted by atomic mass is 9.94. The molecule has 17 heavy (non-hydrogen) atoms. The van der Waals surface area contributed by atoms with Crippen molar-refractivity contribution < 1.29 is 0 Å². The van der Waals surface area contributed by atoms with Crippen molar-refractivity contribution in [3.05, 3.63) is 11.6 Å². The molecule has 0 spiro atoms. The standard InChI is InChI=1S/C13H22N4/c14-13(7-3-4-8-13)9-11-15-12(17-16-11)10-5-1-2-6-10/h10H,1-9,14H2,(H,15,16,17). The van der Waals surface area contributed by atoms with Crippen molar-refractivity contribution in [3.8, 4) is 0 Å². The minimum atomic E-state index is -0.0213. The van der Waals surface area contributed by atoms with Crippen LogP contribution in [-0.4, -0.2) is 20.7 Å². The molecule has 2 fully saturated rings. The molecule has 2 aliphatic carbocycles. The Bertz CT molecular complexity index is 373. The molecular formula is C13H22N4. The molecule has 2 saturated carbocycles. The quantitative estimate of drug-likeness (QED) is 0.843. The molecule has 2 aliphatic rings. The van der Waals surface area contributed by atoms with Gasteiger partial charge in [0.05, 0.1) is 0 Å². The first-order valence-electron chi connectivity index (χ1n) is 6.95. The first-order valence-corrected chi connectivity index (χ1v) is 6.95. The van der Waals surface area contributed by atoms with Crippen molar-refractivity contribution in [2.45, 2.75) is 69.2 Å². The lowest BCUT2D eigenvalue weighted by molar-refractivity contribution is 0.427. The summed E-state index contributed by atoms with van der Waals surface area (Å²) in [6.07, 6.45) is 10.8. The number of aromatic nitrogens is 3. The topological polar surface area (TPSA) is 67.6 Å². The highest BCUT2D eigenvalue weighted by molar-refractivity contribution is 5.04. The molecule has 3 rings (SSSR count). The van der Waals surface area contributed by atoms with Gasteiger partial charge >= 0.3 is 0 Å². The van der Waals surface area contributed by atoms with Crippen LogP contribution in [0.3, 0.4) is 0 Å². The van der Waals surface area contributed by atoms with E-state index < -0.39 is 0 Å². The fraction of sp³-hybridized carbons (Fsp3) is 0.846. The Morgan fingerprint density at radius 1 is 1.18 bits per heavy atom. The van der Waals surface area contributed by atoms with Gasteiger partial charge in [0, 0.05) is 17.9 Å². The van der Waals surface area contributed by atoms with Crippen LogP contribution in [0, 0.1) is 0 Å². The zero-order chi connectivity index (χ0) is 11.7. The lowest BCUT2D eigenvalue weighted by Gasteiger charge is -2.21. The van der Waals surface area contributed by atoms with E-state index in [4.69, 9.17) is 5.73 Å². The van der Waals surface area contributed by atoms with Crippen molar-refractivity contribution in [2.24, 2.45) is 5.73 Å². The monoisotopic (exact) mass is 234 g/mol. The molecule has 0 unspecified atom stereocenters. The molecule has 0 amide bonds. The van der Waals surface area contributed by atoms with E-state index in [-0.39, 0.29) is 5.54 Å². The van der Waals surface area contributed by atoms with E-state index in [2.05, 4.69) is 15.2 Å². The lowest BCUT2D eigenvalue weighted by Crippen LogP contribution is -2.39. The molecule has 1 aromatic rings. The van der Waals surface area contributed by atoms with Crippen LogP contribution >= 0.6 is 0 Å². The largest absolute Gasteiger partial charge is 0.325 e. The van der Waals surface area contributed by atoms with Crippen LogP contribution < -0.4 is 5.73 Å². The molecule has 0 saturated heterocycles. The Morgan fingerprint density at radius 3 is 2.59 bits per heavy atom. The van der Waals surface area contributed by atoms with Gasteiger partial charge in [0.25, 0.3) is 0 Å². The van der Waals surface area contributed by atoms with Gasteiger partial charge < -0.3 is 5.73 Å². The number of H-pyrrole nitrogens is 1. The molecule has 4 heteroatoms. The van der Waals surface area contributed by atoms with E-state index in [9.17, 15) is 0 Å². The normalized spacial score (nSPS) is 24.5. The van der Waals surface area contributed by atoms with Crippen LogP contribution in [0.1, 0.15) is 68.9 Å². The van der Waals surface area contributed by atoms with E-state index in [0.29, 0.717) is 5.92 Å². The van der Waals surface area contributed by atoms with Crippen LogP contribution in [0.15, 0.2) is 0 Å². The van der Waals surface area contributed by atoms with E-state index >= 15 is 0 Å². The SMILES string of the molecule is NC1(Cc2nc(C3CCCC3)n[nH]2)CCCC1. The Hall–Kier alpha value is -0.900. The summed E-state index contributed by atoms with van der Waals surface area (Å²) in [5, 5.41) is 7.47. The second-order valence-electron chi connectivity index (χ2n) is 5.87. The molecule has 4 nitrogen and oxygen atoms in total. The van der Waals surface area contributed by atoms with Crippen LogP contribution in [0.2, 0.25) is 0 Å². The first kappa shape index (κ1) is 11.2. The molecule has 0 aliphatic heterocycles. The van der Waals surface area contributed by atoms with Crippen LogP contribution in [0.4, 0.5) is 0 Å². The third-order valence-corrected chi connectivity index (χ3v) is 4.39. The summed E-state index contributed by atoms with van der Waals surface area (Å²) in [6.45, 7) is 0. The Morgan fingerprint density at radius 2 is 1.88 bits per heavy atom.